The zero-order valence-corrected chi connectivity index (χ0v) is 19.9. The third kappa shape index (κ3) is 6.30. The number of rotatable bonds is 6. The van der Waals surface area contributed by atoms with Crippen LogP contribution in [0.4, 0.5) is 18.0 Å². The highest BCUT2D eigenvalue weighted by molar-refractivity contribution is 5.83. The molecule has 0 N–H and O–H groups in total. The van der Waals surface area contributed by atoms with Gasteiger partial charge in [-0.25, -0.2) is 4.79 Å². The maximum atomic E-state index is 13.4. The SMILES string of the molecule is CCC(=Cc1ccccc1)C1CC1N(CC1(C)CN(C(=O)OC(C)(C)C)C1)C(=O)C(F)(F)F. The van der Waals surface area contributed by atoms with Gasteiger partial charge in [0.2, 0.25) is 0 Å². The van der Waals surface area contributed by atoms with Crippen LogP contribution in [-0.4, -0.2) is 59.3 Å². The quantitative estimate of drug-likeness (QED) is 0.555. The Kier molecular flexibility index (Phi) is 6.87. The van der Waals surface area contributed by atoms with Crippen molar-refractivity contribution in [1.29, 1.82) is 0 Å². The van der Waals surface area contributed by atoms with E-state index in [4.69, 9.17) is 4.74 Å². The fraction of sp³-hybridized carbons (Fsp3) is 0.600. The van der Waals surface area contributed by atoms with Crippen LogP contribution in [0.3, 0.4) is 0 Å². The highest BCUT2D eigenvalue weighted by Crippen LogP contribution is 2.46. The van der Waals surface area contributed by atoms with Crippen molar-refractivity contribution in [3.05, 3.63) is 41.5 Å². The molecule has 2 aliphatic rings. The van der Waals surface area contributed by atoms with E-state index in [-0.39, 0.29) is 25.6 Å². The van der Waals surface area contributed by atoms with Gasteiger partial charge in [-0.1, -0.05) is 55.8 Å². The summed E-state index contributed by atoms with van der Waals surface area (Å²) in [5.41, 5.74) is 0.776. The number of likely N-dealkylation sites (tertiary alicyclic amines) is 1. The normalized spacial score (nSPS) is 22.4. The second kappa shape index (κ2) is 9.03. The van der Waals surface area contributed by atoms with Crippen molar-refractivity contribution in [3.63, 3.8) is 0 Å². The molecular weight excluding hydrogens is 433 g/mol. The van der Waals surface area contributed by atoms with Crippen LogP contribution in [-0.2, 0) is 9.53 Å². The Hall–Kier alpha value is -2.51. The van der Waals surface area contributed by atoms with Crippen molar-refractivity contribution in [2.75, 3.05) is 19.6 Å². The number of carbonyl (C=O) groups is 2. The number of benzene rings is 1. The minimum absolute atomic E-state index is 0.0475. The van der Waals surface area contributed by atoms with Crippen molar-refractivity contribution < 1.29 is 27.5 Å². The van der Waals surface area contributed by atoms with E-state index in [1.807, 2.05) is 50.3 Å². The Balaban J connectivity index is 1.72. The van der Waals surface area contributed by atoms with Crippen LogP contribution in [0.1, 0.15) is 53.0 Å². The predicted octanol–water partition coefficient (Wildman–Crippen LogP) is 5.52. The number of carbonyl (C=O) groups excluding carboxylic acids is 2. The smallest absolute Gasteiger partial charge is 0.444 e. The number of hydrogen-bond donors (Lipinski definition) is 0. The molecule has 8 heteroatoms. The van der Waals surface area contributed by atoms with Crippen LogP contribution in [0, 0.1) is 11.3 Å². The van der Waals surface area contributed by atoms with Gasteiger partial charge in [0.05, 0.1) is 0 Å². The Morgan fingerprint density at radius 3 is 2.30 bits per heavy atom. The highest BCUT2D eigenvalue weighted by Gasteiger charge is 2.55. The Morgan fingerprint density at radius 1 is 1.18 bits per heavy atom. The Labute approximate surface area is 193 Å². The monoisotopic (exact) mass is 466 g/mol. The zero-order valence-electron chi connectivity index (χ0n) is 19.9. The molecule has 3 rings (SSSR count). The lowest BCUT2D eigenvalue weighted by Crippen LogP contribution is -2.63. The van der Waals surface area contributed by atoms with E-state index in [2.05, 4.69) is 0 Å². The van der Waals surface area contributed by atoms with Crippen molar-refractivity contribution >= 4 is 18.1 Å². The third-order valence-electron chi connectivity index (χ3n) is 6.05. The third-order valence-corrected chi connectivity index (χ3v) is 6.05. The number of amides is 2. The van der Waals surface area contributed by atoms with Gasteiger partial charge in [-0.2, -0.15) is 13.2 Å². The molecule has 1 aliphatic heterocycles. The summed E-state index contributed by atoms with van der Waals surface area (Å²) in [7, 11) is 0. The largest absolute Gasteiger partial charge is 0.471 e. The van der Waals surface area contributed by atoms with E-state index < -0.39 is 35.2 Å². The first-order valence-corrected chi connectivity index (χ1v) is 11.3. The van der Waals surface area contributed by atoms with Crippen LogP contribution in [0.5, 0.6) is 0 Å². The van der Waals surface area contributed by atoms with Gasteiger partial charge in [0.25, 0.3) is 0 Å². The maximum Gasteiger partial charge on any atom is 0.471 e. The molecule has 0 spiro atoms. The summed E-state index contributed by atoms with van der Waals surface area (Å²) < 4.78 is 45.7. The summed E-state index contributed by atoms with van der Waals surface area (Å²) in [5.74, 6) is -1.89. The fourth-order valence-electron chi connectivity index (χ4n) is 4.50. The number of halogens is 3. The summed E-state index contributed by atoms with van der Waals surface area (Å²) in [4.78, 5) is 27.1. The molecule has 182 valence electrons. The van der Waals surface area contributed by atoms with Crippen molar-refractivity contribution in [1.82, 2.24) is 9.80 Å². The summed E-state index contributed by atoms with van der Waals surface area (Å²) in [6.07, 6.45) is -2.20. The second-order valence-corrected chi connectivity index (χ2v) is 10.5. The summed E-state index contributed by atoms with van der Waals surface area (Å²) >= 11 is 0. The minimum atomic E-state index is -4.94. The van der Waals surface area contributed by atoms with Gasteiger partial charge in [0.15, 0.2) is 0 Å². The number of hydrogen-bond acceptors (Lipinski definition) is 3. The molecule has 1 aromatic rings. The standard InChI is InChI=1S/C25H33F3N2O3/c1-6-18(12-17-10-8-7-9-11-17)19-13-20(19)30(21(31)25(26,27)28)16-24(5)14-29(15-24)22(32)33-23(2,3)4/h7-12,19-20H,6,13-16H2,1-5H3. The molecule has 1 aliphatic carbocycles. The van der Waals surface area contributed by atoms with Gasteiger partial charge in [-0.15, -0.1) is 0 Å². The summed E-state index contributed by atoms with van der Waals surface area (Å²) in [6, 6.07) is 9.15. The van der Waals surface area contributed by atoms with Crippen LogP contribution < -0.4 is 0 Å². The minimum Gasteiger partial charge on any atom is -0.444 e. The zero-order chi connectivity index (χ0) is 24.6. The molecule has 2 atom stereocenters. The summed E-state index contributed by atoms with van der Waals surface area (Å²) in [5, 5.41) is 0. The summed E-state index contributed by atoms with van der Waals surface area (Å²) in [6.45, 7) is 9.52. The van der Waals surface area contributed by atoms with Gasteiger partial charge < -0.3 is 14.5 Å². The molecule has 1 saturated carbocycles. The van der Waals surface area contributed by atoms with E-state index in [0.717, 1.165) is 16.0 Å². The lowest BCUT2D eigenvalue weighted by atomic mass is 9.81. The first-order valence-electron chi connectivity index (χ1n) is 11.3. The Morgan fingerprint density at radius 2 is 1.79 bits per heavy atom. The molecule has 0 aromatic heterocycles. The Bertz CT molecular complexity index is 900. The lowest BCUT2D eigenvalue weighted by Gasteiger charge is -2.49. The highest BCUT2D eigenvalue weighted by atomic mass is 19.4. The van der Waals surface area contributed by atoms with Crippen LogP contribution in [0.25, 0.3) is 6.08 Å². The molecular formula is C25H33F3N2O3. The van der Waals surface area contributed by atoms with E-state index in [1.165, 1.54) is 4.90 Å². The van der Waals surface area contributed by atoms with Gasteiger partial charge in [0, 0.05) is 37.0 Å². The lowest BCUT2D eigenvalue weighted by molar-refractivity contribution is -0.189. The molecule has 2 amide bonds. The molecule has 0 bridgehead atoms. The number of ether oxygens (including phenoxy) is 1. The molecule has 1 heterocycles. The van der Waals surface area contributed by atoms with Crippen LogP contribution in [0.15, 0.2) is 35.9 Å². The van der Waals surface area contributed by atoms with Gasteiger partial charge in [-0.3, -0.25) is 4.79 Å². The molecule has 2 fully saturated rings. The van der Waals surface area contributed by atoms with Gasteiger partial charge >= 0.3 is 18.2 Å². The van der Waals surface area contributed by atoms with Gasteiger partial charge in [0.1, 0.15) is 5.60 Å². The number of alkyl halides is 3. The van der Waals surface area contributed by atoms with Crippen molar-refractivity contribution in [3.8, 4) is 0 Å². The fourth-order valence-corrected chi connectivity index (χ4v) is 4.50. The predicted molar refractivity (Wildman–Crippen MR) is 120 cm³/mol. The first-order chi connectivity index (χ1) is 15.2. The van der Waals surface area contributed by atoms with E-state index in [0.29, 0.717) is 12.8 Å². The molecule has 1 aromatic carbocycles. The van der Waals surface area contributed by atoms with Crippen LogP contribution in [0.2, 0.25) is 0 Å². The van der Waals surface area contributed by atoms with E-state index >= 15 is 0 Å². The topological polar surface area (TPSA) is 49.9 Å². The second-order valence-electron chi connectivity index (χ2n) is 10.5. The number of nitrogens with zero attached hydrogens (tertiary/aromatic N) is 2. The van der Waals surface area contributed by atoms with E-state index in [9.17, 15) is 22.8 Å². The first kappa shape index (κ1) is 25.1. The molecule has 1 saturated heterocycles. The van der Waals surface area contributed by atoms with Crippen molar-refractivity contribution in [2.45, 2.75) is 65.3 Å². The maximum absolute atomic E-state index is 13.4. The van der Waals surface area contributed by atoms with E-state index in [1.54, 1.807) is 20.8 Å². The average molecular weight is 467 g/mol. The molecule has 33 heavy (non-hydrogen) atoms. The molecule has 5 nitrogen and oxygen atoms in total. The molecule has 0 radical (unpaired) electrons. The van der Waals surface area contributed by atoms with Gasteiger partial charge in [-0.05, 0) is 39.2 Å². The average Bonchev–Trinajstić information content (AvgIpc) is 3.46. The molecule has 2 unspecified atom stereocenters. The van der Waals surface area contributed by atoms with Crippen LogP contribution >= 0.6 is 0 Å². The van der Waals surface area contributed by atoms with Crippen molar-refractivity contribution in [2.24, 2.45) is 11.3 Å².